The fourth-order valence-electron chi connectivity index (χ4n) is 0.864. The Balaban J connectivity index is 2.45. The first kappa shape index (κ1) is 10.1. The molecule has 0 atom stereocenters. The van der Waals surface area contributed by atoms with Crippen LogP contribution < -0.4 is 10.5 Å². The van der Waals surface area contributed by atoms with Crippen LogP contribution in [0.2, 0.25) is 5.02 Å². The Kier molecular flexibility index (Phi) is 4.36. The maximum atomic E-state index is 5.86. The molecule has 0 aliphatic heterocycles. The molecule has 2 nitrogen and oxygen atoms in total. The zero-order chi connectivity index (χ0) is 9.52. The van der Waals surface area contributed by atoms with Crippen LogP contribution in [-0.2, 0) is 0 Å². The van der Waals surface area contributed by atoms with Gasteiger partial charge in [0.25, 0.3) is 0 Å². The van der Waals surface area contributed by atoms with Gasteiger partial charge in [-0.3, -0.25) is 0 Å². The third-order valence-electron chi connectivity index (χ3n) is 1.47. The number of hydrogen-bond donors (Lipinski definition) is 1. The van der Waals surface area contributed by atoms with Crippen molar-refractivity contribution < 1.29 is 4.74 Å². The highest BCUT2D eigenvalue weighted by atomic mass is 35.5. The fourth-order valence-corrected chi connectivity index (χ4v) is 1.05. The number of hydrogen-bond acceptors (Lipinski definition) is 2. The van der Waals surface area contributed by atoms with Crippen LogP contribution in [0.1, 0.15) is 0 Å². The van der Waals surface area contributed by atoms with Crippen molar-refractivity contribution in [2.75, 3.05) is 13.2 Å². The van der Waals surface area contributed by atoms with Gasteiger partial charge in [-0.05, 0) is 12.1 Å². The quantitative estimate of drug-likeness (QED) is 0.752. The molecule has 0 aliphatic carbocycles. The van der Waals surface area contributed by atoms with Crippen molar-refractivity contribution in [3.63, 3.8) is 0 Å². The molecular weight excluding hydrogens is 186 g/mol. The average Bonchev–Trinajstić information content (AvgIpc) is 2.15. The van der Waals surface area contributed by atoms with Crippen LogP contribution in [0.25, 0.3) is 0 Å². The molecule has 0 heterocycles. The Labute approximate surface area is 83.0 Å². The van der Waals surface area contributed by atoms with Gasteiger partial charge in [-0.1, -0.05) is 35.9 Å². The maximum Gasteiger partial charge on any atom is 0.138 e. The van der Waals surface area contributed by atoms with E-state index in [0.717, 1.165) is 0 Å². The van der Waals surface area contributed by atoms with E-state index in [4.69, 9.17) is 22.1 Å². The molecule has 0 amide bonds. The standard InChI is InChI=1S/C10H12ClNO/c11-9-5-1-2-6-10(9)13-8-4-3-7-12/h1-6H,7-8,12H2/b4-3+. The molecule has 0 saturated carbocycles. The van der Waals surface area contributed by atoms with Crippen LogP contribution in [-0.4, -0.2) is 13.2 Å². The number of rotatable bonds is 4. The molecule has 0 radical (unpaired) electrons. The second-order valence-electron chi connectivity index (χ2n) is 2.45. The Hall–Kier alpha value is -0.990. The molecule has 1 aromatic rings. The van der Waals surface area contributed by atoms with Crippen LogP contribution in [0.5, 0.6) is 5.75 Å². The van der Waals surface area contributed by atoms with Crippen molar-refractivity contribution in [1.82, 2.24) is 0 Å². The average molecular weight is 198 g/mol. The predicted molar refractivity (Wildman–Crippen MR) is 55.1 cm³/mol. The topological polar surface area (TPSA) is 35.2 Å². The van der Waals surface area contributed by atoms with E-state index in [2.05, 4.69) is 0 Å². The number of benzene rings is 1. The molecule has 0 saturated heterocycles. The van der Waals surface area contributed by atoms with Gasteiger partial charge in [0.2, 0.25) is 0 Å². The monoisotopic (exact) mass is 197 g/mol. The van der Waals surface area contributed by atoms with Crippen LogP contribution >= 0.6 is 11.6 Å². The Morgan fingerprint density at radius 3 is 2.77 bits per heavy atom. The van der Waals surface area contributed by atoms with E-state index in [9.17, 15) is 0 Å². The Bertz CT molecular complexity index is 286. The van der Waals surface area contributed by atoms with Crippen LogP contribution in [0.4, 0.5) is 0 Å². The summed E-state index contributed by atoms with van der Waals surface area (Å²) in [7, 11) is 0. The van der Waals surface area contributed by atoms with Crippen molar-refractivity contribution in [3.8, 4) is 5.75 Å². The van der Waals surface area contributed by atoms with Crippen LogP contribution in [0, 0.1) is 0 Å². The first-order valence-electron chi connectivity index (χ1n) is 4.07. The third-order valence-corrected chi connectivity index (χ3v) is 1.79. The summed E-state index contributed by atoms with van der Waals surface area (Å²) in [6.07, 6.45) is 3.71. The predicted octanol–water partition coefficient (Wildman–Crippen LogP) is 2.23. The van der Waals surface area contributed by atoms with Crippen LogP contribution in [0.15, 0.2) is 36.4 Å². The number of nitrogens with two attached hydrogens (primary N) is 1. The van der Waals surface area contributed by atoms with Crippen molar-refractivity contribution in [1.29, 1.82) is 0 Å². The second-order valence-corrected chi connectivity index (χ2v) is 2.86. The minimum Gasteiger partial charge on any atom is -0.488 e. The maximum absolute atomic E-state index is 5.86. The molecule has 0 spiro atoms. The van der Waals surface area contributed by atoms with E-state index >= 15 is 0 Å². The number of halogens is 1. The molecule has 1 rings (SSSR count). The van der Waals surface area contributed by atoms with Gasteiger partial charge in [0.15, 0.2) is 0 Å². The zero-order valence-corrected chi connectivity index (χ0v) is 8.00. The van der Waals surface area contributed by atoms with Gasteiger partial charge in [-0.25, -0.2) is 0 Å². The van der Waals surface area contributed by atoms with Crippen LogP contribution in [0.3, 0.4) is 0 Å². The van der Waals surface area contributed by atoms with Crippen molar-refractivity contribution >= 4 is 11.6 Å². The highest BCUT2D eigenvalue weighted by Gasteiger charge is 1.96. The summed E-state index contributed by atoms with van der Waals surface area (Å²) in [5, 5.41) is 0.628. The summed E-state index contributed by atoms with van der Waals surface area (Å²) in [6, 6.07) is 7.38. The zero-order valence-electron chi connectivity index (χ0n) is 7.24. The molecule has 70 valence electrons. The van der Waals surface area contributed by atoms with Gasteiger partial charge in [-0.2, -0.15) is 0 Å². The molecule has 13 heavy (non-hydrogen) atoms. The van der Waals surface area contributed by atoms with E-state index in [1.807, 2.05) is 30.4 Å². The third kappa shape index (κ3) is 3.49. The summed E-state index contributed by atoms with van der Waals surface area (Å²) in [5.41, 5.74) is 5.27. The van der Waals surface area contributed by atoms with Crippen molar-refractivity contribution in [2.45, 2.75) is 0 Å². The highest BCUT2D eigenvalue weighted by Crippen LogP contribution is 2.22. The van der Waals surface area contributed by atoms with E-state index in [-0.39, 0.29) is 0 Å². The lowest BCUT2D eigenvalue weighted by atomic mass is 10.3. The van der Waals surface area contributed by atoms with E-state index < -0.39 is 0 Å². The normalized spacial score (nSPS) is 10.6. The van der Waals surface area contributed by atoms with Gasteiger partial charge in [0, 0.05) is 6.54 Å². The van der Waals surface area contributed by atoms with Gasteiger partial charge in [-0.15, -0.1) is 0 Å². The minimum atomic E-state index is 0.501. The number of para-hydroxylation sites is 1. The number of ether oxygens (including phenoxy) is 1. The Morgan fingerprint density at radius 2 is 2.08 bits per heavy atom. The van der Waals surface area contributed by atoms with E-state index in [1.54, 1.807) is 6.07 Å². The highest BCUT2D eigenvalue weighted by molar-refractivity contribution is 6.32. The first-order chi connectivity index (χ1) is 6.34. The minimum absolute atomic E-state index is 0.501. The summed E-state index contributed by atoms with van der Waals surface area (Å²) in [6.45, 7) is 1.03. The molecule has 0 aliphatic rings. The SMILES string of the molecule is NC/C=C/COc1ccccc1Cl. The fraction of sp³-hybridized carbons (Fsp3) is 0.200. The van der Waals surface area contributed by atoms with Gasteiger partial charge < -0.3 is 10.5 Å². The largest absolute Gasteiger partial charge is 0.488 e. The van der Waals surface area contributed by atoms with E-state index in [1.165, 1.54) is 0 Å². The lowest BCUT2D eigenvalue weighted by molar-refractivity contribution is 0.363. The van der Waals surface area contributed by atoms with Crippen molar-refractivity contribution in [2.24, 2.45) is 5.73 Å². The molecule has 0 fully saturated rings. The molecular formula is C10H12ClNO. The lowest BCUT2D eigenvalue weighted by Gasteiger charge is -2.03. The molecule has 2 N–H and O–H groups in total. The first-order valence-corrected chi connectivity index (χ1v) is 4.45. The van der Waals surface area contributed by atoms with Gasteiger partial charge in [0.05, 0.1) is 5.02 Å². The van der Waals surface area contributed by atoms with E-state index in [0.29, 0.717) is 23.9 Å². The molecule has 1 aromatic carbocycles. The Morgan fingerprint density at radius 1 is 1.31 bits per heavy atom. The summed E-state index contributed by atoms with van der Waals surface area (Å²) >= 11 is 5.86. The summed E-state index contributed by atoms with van der Waals surface area (Å²) < 4.78 is 5.36. The molecule has 0 unspecified atom stereocenters. The smallest absolute Gasteiger partial charge is 0.138 e. The molecule has 0 bridgehead atoms. The second kappa shape index (κ2) is 5.62. The summed E-state index contributed by atoms with van der Waals surface area (Å²) in [4.78, 5) is 0. The van der Waals surface area contributed by atoms with Crippen molar-refractivity contribution in [3.05, 3.63) is 41.4 Å². The summed E-state index contributed by atoms with van der Waals surface area (Å²) in [5.74, 6) is 0.700. The molecule has 3 heteroatoms. The van der Waals surface area contributed by atoms with Gasteiger partial charge >= 0.3 is 0 Å². The van der Waals surface area contributed by atoms with Gasteiger partial charge in [0.1, 0.15) is 12.4 Å². The molecule has 0 aromatic heterocycles. The lowest BCUT2D eigenvalue weighted by Crippen LogP contribution is -1.97.